The highest BCUT2D eigenvalue weighted by Gasteiger charge is 2.33. The van der Waals surface area contributed by atoms with Crippen LogP contribution in [0, 0.1) is 0 Å². The first-order chi connectivity index (χ1) is 16.9. The van der Waals surface area contributed by atoms with Crippen LogP contribution in [-0.4, -0.2) is 36.0 Å². The first-order valence-corrected chi connectivity index (χ1v) is 12.0. The number of benzene rings is 2. The molecular weight excluding hydrogens is 468 g/mol. The minimum Gasteiger partial charge on any atom is -0.504 e. The minimum atomic E-state index is -0.697. The first-order valence-electron chi connectivity index (χ1n) is 11.2. The quantitative estimate of drug-likeness (QED) is 0.507. The highest BCUT2D eigenvalue weighted by molar-refractivity contribution is 7.07. The Morgan fingerprint density at radius 1 is 1.17 bits per heavy atom. The van der Waals surface area contributed by atoms with Gasteiger partial charge in [-0.25, -0.2) is 9.79 Å². The molecule has 0 radical (unpaired) electrons. The van der Waals surface area contributed by atoms with Crippen LogP contribution in [0.4, 0.5) is 0 Å². The Morgan fingerprint density at radius 2 is 1.91 bits per heavy atom. The van der Waals surface area contributed by atoms with E-state index in [1.54, 1.807) is 32.1 Å². The number of thiazole rings is 1. The number of methoxy groups -OCH3 is 1. The van der Waals surface area contributed by atoms with Crippen molar-refractivity contribution in [2.24, 2.45) is 4.99 Å². The Kier molecular flexibility index (Phi) is 7.07. The molecule has 0 aliphatic carbocycles. The number of fused-ring (bicyclic) bond motifs is 1. The van der Waals surface area contributed by atoms with Crippen LogP contribution in [0.3, 0.4) is 0 Å². The van der Waals surface area contributed by atoms with Crippen molar-refractivity contribution in [1.82, 2.24) is 4.57 Å². The van der Waals surface area contributed by atoms with Gasteiger partial charge in [-0.1, -0.05) is 29.5 Å². The number of aromatic nitrogens is 1. The van der Waals surface area contributed by atoms with E-state index in [1.165, 1.54) is 29.1 Å². The Balaban J connectivity index is 1.90. The molecule has 35 heavy (non-hydrogen) atoms. The van der Waals surface area contributed by atoms with Crippen LogP contribution in [0.15, 0.2) is 63.5 Å². The second-order valence-corrected chi connectivity index (χ2v) is 8.74. The van der Waals surface area contributed by atoms with Gasteiger partial charge in [0.05, 0.1) is 42.2 Å². The molecule has 182 valence electrons. The third-order valence-electron chi connectivity index (χ3n) is 5.53. The zero-order valence-corrected chi connectivity index (χ0v) is 20.7. The highest BCUT2D eigenvalue weighted by Crippen LogP contribution is 2.32. The Hall–Kier alpha value is -3.85. The number of ether oxygens (including phenoxy) is 3. The Morgan fingerprint density at radius 3 is 2.57 bits per heavy atom. The molecule has 2 aromatic carbocycles. The molecule has 4 rings (SSSR count). The average Bonchev–Trinajstić information content (AvgIpc) is 3.14. The average molecular weight is 495 g/mol. The maximum absolute atomic E-state index is 13.6. The molecule has 0 bridgehead atoms. The van der Waals surface area contributed by atoms with Crippen molar-refractivity contribution in [3.8, 4) is 17.2 Å². The van der Waals surface area contributed by atoms with Gasteiger partial charge >= 0.3 is 5.97 Å². The molecule has 0 saturated carbocycles. The number of hydrogen-bond donors (Lipinski definition) is 1. The summed E-state index contributed by atoms with van der Waals surface area (Å²) in [6.45, 7) is 6.12. The van der Waals surface area contributed by atoms with Crippen LogP contribution in [-0.2, 0) is 9.53 Å². The highest BCUT2D eigenvalue weighted by atomic mass is 32.1. The van der Waals surface area contributed by atoms with E-state index in [0.29, 0.717) is 44.3 Å². The number of allylic oxidation sites excluding steroid dienone is 1. The van der Waals surface area contributed by atoms with Gasteiger partial charge in [-0.05, 0) is 62.2 Å². The van der Waals surface area contributed by atoms with E-state index in [0.717, 1.165) is 5.56 Å². The largest absolute Gasteiger partial charge is 0.504 e. The van der Waals surface area contributed by atoms with E-state index >= 15 is 0 Å². The van der Waals surface area contributed by atoms with E-state index in [-0.39, 0.29) is 17.9 Å². The van der Waals surface area contributed by atoms with E-state index in [9.17, 15) is 14.7 Å². The first kappa shape index (κ1) is 24.3. The van der Waals surface area contributed by atoms with Gasteiger partial charge in [0.25, 0.3) is 5.56 Å². The molecule has 1 aromatic heterocycles. The zero-order valence-electron chi connectivity index (χ0n) is 19.9. The fourth-order valence-electron chi connectivity index (χ4n) is 3.96. The number of carbonyl (C=O) groups is 1. The standard InChI is InChI=1S/C26H26N2O6S/c1-5-33-18-10-8-17(9-11-18)23-22(25(31)34-6-2)15(3)27-26-28(23)24(30)21(35-26)14-16-7-12-19(29)20(13-16)32-4/h7-14,23,29H,5-6H2,1-4H3/b21-14-. The molecule has 3 aromatic rings. The Labute approximate surface area is 206 Å². The summed E-state index contributed by atoms with van der Waals surface area (Å²) in [7, 11) is 1.46. The van der Waals surface area contributed by atoms with Crippen LogP contribution in [0.5, 0.6) is 17.2 Å². The zero-order chi connectivity index (χ0) is 25.1. The fourth-order valence-corrected chi connectivity index (χ4v) is 5.00. The third kappa shape index (κ3) is 4.72. The van der Waals surface area contributed by atoms with Crippen LogP contribution < -0.4 is 24.4 Å². The number of rotatable bonds is 7. The predicted octanol–water partition coefficient (Wildman–Crippen LogP) is 2.91. The summed E-state index contributed by atoms with van der Waals surface area (Å²) < 4.78 is 18.0. The molecule has 0 saturated heterocycles. The second-order valence-electron chi connectivity index (χ2n) is 7.74. The lowest BCUT2D eigenvalue weighted by molar-refractivity contribution is -0.139. The van der Waals surface area contributed by atoms with Crippen LogP contribution in [0.25, 0.3) is 6.08 Å². The van der Waals surface area contributed by atoms with E-state index in [1.807, 2.05) is 31.2 Å². The summed E-state index contributed by atoms with van der Waals surface area (Å²) in [5.74, 6) is 0.504. The van der Waals surface area contributed by atoms with Crippen molar-refractivity contribution in [1.29, 1.82) is 0 Å². The number of phenolic OH excluding ortho intramolecular Hbond substituents is 1. The maximum Gasteiger partial charge on any atom is 0.338 e. The summed E-state index contributed by atoms with van der Waals surface area (Å²) >= 11 is 1.23. The van der Waals surface area contributed by atoms with E-state index < -0.39 is 12.0 Å². The predicted molar refractivity (Wildman–Crippen MR) is 133 cm³/mol. The number of hydrogen-bond acceptors (Lipinski definition) is 8. The molecule has 1 N–H and O–H groups in total. The topological polar surface area (TPSA) is 99.4 Å². The van der Waals surface area contributed by atoms with E-state index in [4.69, 9.17) is 14.2 Å². The SMILES string of the molecule is CCOC(=O)C1=C(C)N=c2s/c(=C\c3ccc(O)c(OC)c3)c(=O)n2C1c1ccc(OCC)cc1. The molecule has 0 fully saturated rings. The van der Waals surface area contributed by atoms with Crippen LogP contribution in [0.2, 0.25) is 0 Å². The number of aromatic hydroxyl groups is 1. The van der Waals surface area contributed by atoms with Crippen molar-refractivity contribution >= 4 is 23.4 Å². The van der Waals surface area contributed by atoms with Gasteiger partial charge in [0.15, 0.2) is 16.3 Å². The van der Waals surface area contributed by atoms with Gasteiger partial charge in [0.2, 0.25) is 0 Å². The fraction of sp³-hybridized carbons (Fsp3) is 0.269. The number of esters is 1. The van der Waals surface area contributed by atoms with Gasteiger partial charge in [-0.15, -0.1) is 0 Å². The molecule has 0 amide bonds. The van der Waals surface area contributed by atoms with Gasteiger partial charge in [-0.3, -0.25) is 9.36 Å². The van der Waals surface area contributed by atoms with E-state index in [2.05, 4.69) is 4.99 Å². The second kappa shape index (κ2) is 10.2. The number of phenols is 1. The van der Waals surface area contributed by atoms with Gasteiger partial charge in [0, 0.05) is 0 Å². The molecular formula is C26H26N2O6S. The lowest BCUT2D eigenvalue weighted by atomic mass is 9.96. The normalized spacial score (nSPS) is 15.4. The smallest absolute Gasteiger partial charge is 0.338 e. The van der Waals surface area contributed by atoms with Crippen LogP contribution >= 0.6 is 11.3 Å². The summed E-state index contributed by atoms with van der Waals surface area (Å²) in [6, 6.07) is 11.5. The summed E-state index contributed by atoms with van der Waals surface area (Å²) in [5.41, 5.74) is 1.96. The molecule has 8 nitrogen and oxygen atoms in total. The lowest BCUT2D eigenvalue weighted by Gasteiger charge is -2.24. The minimum absolute atomic E-state index is 0.0105. The maximum atomic E-state index is 13.6. The molecule has 1 aliphatic heterocycles. The van der Waals surface area contributed by atoms with Crippen molar-refractivity contribution in [3.05, 3.63) is 84.5 Å². The van der Waals surface area contributed by atoms with Crippen molar-refractivity contribution < 1.29 is 24.1 Å². The number of nitrogens with zero attached hydrogens (tertiary/aromatic N) is 2. The van der Waals surface area contributed by atoms with Gasteiger partial charge in [-0.2, -0.15) is 0 Å². The van der Waals surface area contributed by atoms with Crippen LogP contribution in [0.1, 0.15) is 37.9 Å². The van der Waals surface area contributed by atoms with Gasteiger partial charge < -0.3 is 19.3 Å². The van der Waals surface area contributed by atoms with Gasteiger partial charge in [0.1, 0.15) is 5.75 Å². The molecule has 2 heterocycles. The van der Waals surface area contributed by atoms with Crippen molar-refractivity contribution in [3.63, 3.8) is 0 Å². The molecule has 0 spiro atoms. The molecule has 1 atom stereocenters. The summed E-state index contributed by atoms with van der Waals surface area (Å²) in [6.07, 6.45) is 1.71. The van der Waals surface area contributed by atoms with Crippen molar-refractivity contribution in [2.45, 2.75) is 26.8 Å². The summed E-state index contributed by atoms with van der Waals surface area (Å²) in [5, 5.41) is 9.88. The third-order valence-corrected chi connectivity index (χ3v) is 6.51. The van der Waals surface area contributed by atoms with Crippen molar-refractivity contribution in [2.75, 3.05) is 20.3 Å². The molecule has 9 heteroatoms. The molecule has 1 aliphatic rings. The number of carbonyl (C=O) groups excluding carboxylic acids is 1. The molecule has 1 unspecified atom stereocenters. The Bertz CT molecular complexity index is 1470. The lowest BCUT2D eigenvalue weighted by Crippen LogP contribution is -2.39. The monoisotopic (exact) mass is 494 g/mol. The summed E-state index contributed by atoms with van der Waals surface area (Å²) in [4.78, 5) is 31.6.